The summed E-state index contributed by atoms with van der Waals surface area (Å²) >= 11 is 5.49. The SMILES string of the molecule is OC(CCl)C1=CCCCC1. The van der Waals surface area contributed by atoms with Crippen molar-refractivity contribution in [1.82, 2.24) is 0 Å². The number of rotatable bonds is 2. The van der Waals surface area contributed by atoms with Gasteiger partial charge in [0, 0.05) is 0 Å². The predicted molar refractivity (Wildman–Crippen MR) is 43.3 cm³/mol. The van der Waals surface area contributed by atoms with Gasteiger partial charge in [-0.15, -0.1) is 11.6 Å². The van der Waals surface area contributed by atoms with Crippen LogP contribution < -0.4 is 0 Å². The first-order valence-electron chi connectivity index (χ1n) is 3.77. The van der Waals surface area contributed by atoms with Gasteiger partial charge in [-0.05, 0) is 31.3 Å². The molecule has 1 N–H and O–H groups in total. The lowest BCUT2D eigenvalue weighted by Gasteiger charge is -2.15. The van der Waals surface area contributed by atoms with E-state index >= 15 is 0 Å². The van der Waals surface area contributed by atoms with Crippen molar-refractivity contribution in [2.75, 3.05) is 5.88 Å². The van der Waals surface area contributed by atoms with E-state index in [0.29, 0.717) is 5.88 Å². The summed E-state index contributed by atoms with van der Waals surface area (Å²) in [6.45, 7) is 0. The molecule has 10 heavy (non-hydrogen) atoms. The molecule has 1 atom stereocenters. The monoisotopic (exact) mass is 160 g/mol. The summed E-state index contributed by atoms with van der Waals surface area (Å²) in [6.07, 6.45) is 6.35. The van der Waals surface area contributed by atoms with Crippen LogP contribution >= 0.6 is 11.6 Å². The van der Waals surface area contributed by atoms with Crippen molar-refractivity contribution < 1.29 is 5.11 Å². The number of aliphatic hydroxyl groups is 1. The Morgan fingerprint density at radius 1 is 1.60 bits per heavy atom. The van der Waals surface area contributed by atoms with Gasteiger partial charge in [-0.1, -0.05) is 6.08 Å². The van der Waals surface area contributed by atoms with Crippen molar-refractivity contribution in [3.63, 3.8) is 0 Å². The zero-order valence-electron chi connectivity index (χ0n) is 6.02. The summed E-state index contributed by atoms with van der Waals surface area (Å²) in [6, 6.07) is 0. The van der Waals surface area contributed by atoms with Crippen LogP contribution in [0.2, 0.25) is 0 Å². The fourth-order valence-corrected chi connectivity index (χ4v) is 1.46. The third-order valence-corrected chi connectivity index (χ3v) is 2.19. The van der Waals surface area contributed by atoms with Crippen LogP contribution in [-0.4, -0.2) is 17.1 Å². The Hall–Kier alpha value is -0.0100. The molecule has 0 saturated heterocycles. The second kappa shape index (κ2) is 3.99. The lowest BCUT2D eigenvalue weighted by Crippen LogP contribution is -2.13. The second-order valence-corrected chi connectivity index (χ2v) is 3.00. The minimum absolute atomic E-state index is 0.339. The lowest BCUT2D eigenvalue weighted by atomic mass is 9.96. The maximum Gasteiger partial charge on any atom is 0.0885 e. The minimum Gasteiger partial charge on any atom is -0.388 e. The van der Waals surface area contributed by atoms with Crippen molar-refractivity contribution >= 4 is 11.6 Å². The van der Waals surface area contributed by atoms with Gasteiger partial charge in [0.05, 0.1) is 12.0 Å². The van der Waals surface area contributed by atoms with Gasteiger partial charge in [0.2, 0.25) is 0 Å². The fourth-order valence-electron chi connectivity index (χ4n) is 1.26. The van der Waals surface area contributed by atoms with Crippen LogP contribution in [0.1, 0.15) is 25.7 Å². The molecule has 0 aromatic rings. The Kier molecular flexibility index (Phi) is 3.23. The van der Waals surface area contributed by atoms with Gasteiger partial charge in [-0.2, -0.15) is 0 Å². The van der Waals surface area contributed by atoms with Gasteiger partial charge in [0.25, 0.3) is 0 Å². The normalized spacial score (nSPS) is 22.0. The van der Waals surface area contributed by atoms with Crippen molar-refractivity contribution in [2.24, 2.45) is 0 Å². The zero-order valence-corrected chi connectivity index (χ0v) is 6.77. The molecule has 0 bridgehead atoms. The van der Waals surface area contributed by atoms with Gasteiger partial charge >= 0.3 is 0 Å². The van der Waals surface area contributed by atoms with Crippen LogP contribution in [0.25, 0.3) is 0 Å². The average Bonchev–Trinajstić information content (AvgIpc) is 2.05. The predicted octanol–water partition coefficient (Wildman–Crippen LogP) is 2.09. The first kappa shape index (κ1) is 8.09. The molecule has 0 spiro atoms. The highest BCUT2D eigenvalue weighted by Gasteiger charge is 2.11. The molecule has 0 aromatic carbocycles. The van der Waals surface area contributed by atoms with Crippen LogP contribution in [0.5, 0.6) is 0 Å². The summed E-state index contributed by atoms with van der Waals surface area (Å²) in [7, 11) is 0. The van der Waals surface area contributed by atoms with Crippen LogP contribution in [0.15, 0.2) is 11.6 Å². The zero-order chi connectivity index (χ0) is 7.40. The molecule has 58 valence electrons. The Balaban J connectivity index is 2.44. The maximum absolute atomic E-state index is 9.28. The third-order valence-electron chi connectivity index (χ3n) is 1.90. The van der Waals surface area contributed by atoms with Crippen LogP contribution in [0.3, 0.4) is 0 Å². The Bertz CT molecular complexity index is 131. The van der Waals surface area contributed by atoms with E-state index in [1.807, 2.05) is 0 Å². The highest BCUT2D eigenvalue weighted by Crippen LogP contribution is 2.20. The molecule has 1 aliphatic carbocycles. The van der Waals surface area contributed by atoms with Crippen LogP contribution in [-0.2, 0) is 0 Å². The molecule has 0 amide bonds. The van der Waals surface area contributed by atoms with E-state index in [9.17, 15) is 5.11 Å². The second-order valence-electron chi connectivity index (χ2n) is 2.69. The van der Waals surface area contributed by atoms with E-state index in [0.717, 1.165) is 18.4 Å². The lowest BCUT2D eigenvalue weighted by molar-refractivity contribution is 0.227. The smallest absolute Gasteiger partial charge is 0.0885 e. The number of hydrogen-bond acceptors (Lipinski definition) is 1. The standard InChI is InChI=1S/C8H13ClO/c9-6-8(10)7-4-2-1-3-5-7/h4,8,10H,1-3,5-6H2. The average molecular weight is 161 g/mol. The maximum atomic E-state index is 9.28. The third kappa shape index (κ3) is 1.99. The van der Waals surface area contributed by atoms with Gasteiger partial charge in [0.1, 0.15) is 0 Å². The summed E-state index contributed by atoms with van der Waals surface area (Å²) in [5.74, 6) is 0.339. The van der Waals surface area contributed by atoms with Crippen LogP contribution in [0.4, 0.5) is 0 Å². The van der Waals surface area contributed by atoms with E-state index in [1.54, 1.807) is 0 Å². The molecule has 0 saturated carbocycles. The summed E-state index contributed by atoms with van der Waals surface area (Å²) in [5.41, 5.74) is 1.14. The number of aliphatic hydroxyl groups excluding tert-OH is 1. The largest absolute Gasteiger partial charge is 0.388 e. The Morgan fingerprint density at radius 3 is 2.90 bits per heavy atom. The summed E-state index contributed by atoms with van der Waals surface area (Å²) in [5, 5.41) is 9.28. The van der Waals surface area contributed by atoms with Crippen molar-refractivity contribution in [3.8, 4) is 0 Å². The van der Waals surface area contributed by atoms with E-state index in [4.69, 9.17) is 11.6 Å². The number of alkyl halides is 1. The molecule has 2 heteroatoms. The number of halogens is 1. The highest BCUT2D eigenvalue weighted by molar-refractivity contribution is 6.18. The van der Waals surface area contributed by atoms with E-state index < -0.39 is 0 Å². The number of allylic oxidation sites excluding steroid dienone is 1. The molecule has 0 radical (unpaired) electrons. The van der Waals surface area contributed by atoms with Crippen LogP contribution in [0, 0.1) is 0 Å². The van der Waals surface area contributed by atoms with Crippen molar-refractivity contribution in [1.29, 1.82) is 0 Å². The molecule has 1 aliphatic rings. The minimum atomic E-state index is -0.387. The van der Waals surface area contributed by atoms with Gasteiger partial charge in [-0.25, -0.2) is 0 Å². The number of hydrogen-bond donors (Lipinski definition) is 1. The van der Waals surface area contributed by atoms with Crippen molar-refractivity contribution in [2.45, 2.75) is 31.8 Å². The molecule has 1 rings (SSSR count). The highest BCUT2D eigenvalue weighted by atomic mass is 35.5. The Labute approximate surface area is 66.7 Å². The van der Waals surface area contributed by atoms with Crippen molar-refractivity contribution in [3.05, 3.63) is 11.6 Å². The fraction of sp³-hybridized carbons (Fsp3) is 0.750. The molecule has 0 aliphatic heterocycles. The first-order valence-corrected chi connectivity index (χ1v) is 4.31. The van der Waals surface area contributed by atoms with E-state index in [2.05, 4.69) is 6.08 Å². The summed E-state index contributed by atoms with van der Waals surface area (Å²) in [4.78, 5) is 0. The molecule has 1 nitrogen and oxygen atoms in total. The molecule has 1 unspecified atom stereocenters. The molecule has 0 heterocycles. The van der Waals surface area contributed by atoms with Gasteiger partial charge in [-0.3, -0.25) is 0 Å². The topological polar surface area (TPSA) is 20.2 Å². The van der Waals surface area contributed by atoms with E-state index in [-0.39, 0.29) is 6.10 Å². The van der Waals surface area contributed by atoms with Gasteiger partial charge in [0.15, 0.2) is 0 Å². The first-order chi connectivity index (χ1) is 4.84. The Morgan fingerprint density at radius 2 is 2.40 bits per heavy atom. The van der Waals surface area contributed by atoms with Gasteiger partial charge < -0.3 is 5.11 Å². The molecular weight excluding hydrogens is 148 g/mol. The molecular formula is C8H13ClO. The quantitative estimate of drug-likeness (QED) is 0.485. The summed E-state index contributed by atoms with van der Waals surface area (Å²) < 4.78 is 0. The molecule has 0 aromatic heterocycles. The van der Waals surface area contributed by atoms with E-state index in [1.165, 1.54) is 12.8 Å². The molecule has 0 fully saturated rings.